The Bertz CT molecular complexity index is 1740. The lowest BCUT2D eigenvalue weighted by Gasteiger charge is -2.35. The Labute approximate surface area is 267 Å². The summed E-state index contributed by atoms with van der Waals surface area (Å²) in [4.78, 5) is 43.6. The highest BCUT2D eigenvalue weighted by atomic mass is 79.9. The first kappa shape index (κ1) is 30.4. The van der Waals surface area contributed by atoms with Gasteiger partial charge in [-0.05, 0) is 88.9 Å². The van der Waals surface area contributed by atoms with Crippen molar-refractivity contribution < 1.29 is 23.9 Å². The smallest absolute Gasteiger partial charge is 0.343 e. The average molecular weight is 680 g/mol. The molecule has 0 saturated carbocycles. The summed E-state index contributed by atoms with van der Waals surface area (Å²) in [6.07, 6.45) is 1.45. The predicted molar refractivity (Wildman–Crippen MR) is 172 cm³/mol. The van der Waals surface area contributed by atoms with Gasteiger partial charge in [-0.3, -0.25) is 9.59 Å². The molecule has 0 aliphatic carbocycles. The van der Waals surface area contributed by atoms with Crippen molar-refractivity contribution in [3.63, 3.8) is 0 Å². The van der Waals surface area contributed by atoms with Crippen LogP contribution in [0, 0.1) is 13.8 Å². The van der Waals surface area contributed by atoms with Gasteiger partial charge in [0.1, 0.15) is 12.2 Å². The second-order valence-electron chi connectivity index (χ2n) is 9.75. The number of ether oxygens (including phenoxy) is 2. The van der Waals surface area contributed by atoms with E-state index in [1.165, 1.54) is 13.2 Å². The third-order valence-electron chi connectivity index (χ3n) is 6.91. The number of urea groups is 1. The van der Waals surface area contributed by atoms with Gasteiger partial charge < -0.3 is 9.47 Å². The predicted octanol–water partition coefficient (Wildman–Crippen LogP) is 8.54. The number of barbiturate groups is 1. The minimum atomic E-state index is -0.751. The zero-order chi connectivity index (χ0) is 30.8. The number of anilines is 2. The van der Waals surface area contributed by atoms with Crippen LogP contribution in [0.25, 0.3) is 6.08 Å². The van der Waals surface area contributed by atoms with Crippen LogP contribution in [0.4, 0.5) is 16.2 Å². The molecular formula is C33H25BrCl2N2O5. The van der Waals surface area contributed by atoms with E-state index in [2.05, 4.69) is 15.9 Å². The summed E-state index contributed by atoms with van der Waals surface area (Å²) in [5, 5.41) is 0.976. The Hall–Kier alpha value is -4.11. The van der Waals surface area contributed by atoms with Crippen LogP contribution in [-0.2, 0) is 16.2 Å². The molecule has 0 bridgehead atoms. The van der Waals surface area contributed by atoms with Gasteiger partial charge in [0.2, 0.25) is 0 Å². The number of nitrogens with zero attached hydrogens (tertiary/aromatic N) is 2. The zero-order valence-electron chi connectivity index (χ0n) is 23.4. The Morgan fingerprint density at radius 3 is 1.93 bits per heavy atom. The number of rotatable bonds is 7. The summed E-state index contributed by atoms with van der Waals surface area (Å²) in [5.74, 6) is -0.719. The number of para-hydroxylation sites is 2. The first-order valence-electron chi connectivity index (χ1n) is 13.1. The lowest BCUT2D eigenvalue weighted by atomic mass is 10.0. The fourth-order valence-electron chi connectivity index (χ4n) is 4.70. The van der Waals surface area contributed by atoms with Gasteiger partial charge in [-0.15, -0.1) is 0 Å². The van der Waals surface area contributed by atoms with Gasteiger partial charge in [0.15, 0.2) is 11.5 Å². The number of imide groups is 2. The highest BCUT2D eigenvalue weighted by molar-refractivity contribution is 9.10. The van der Waals surface area contributed by atoms with E-state index in [1.807, 2.05) is 12.1 Å². The Balaban J connectivity index is 1.57. The van der Waals surface area contributed by atoms with Crippen molar-refractivity contribution in [1.29, 1.82) is 0 Å². The van der Waals surface area contributed by atoms with Crippen molar-refractivity contribution in [3.8, 4) is 11.5 Å². The van der Waals surface area contributed by atoms with E-state index in [1.54, 1.807) is 80.6 Å². The number of methoxy groups -OCH3 is 1. The van der Waals surface area contributed by atoms with Gasteiger partial charge in [-0.2, -0.15) is 0 Å². The molecule has 0 unspecified atom stereocenters. The van der Waals surface area contributed by atoms with Crippen LogP contribution >= 0.6 is 39.1 Å². The molecule has 4 aromatic carbocycles. The molecule has 1 fully saturated rings. The largest absolute Gasteiger partial charge is 0.493 e. The van der Waals surface area contributed by atoms with Crippen molar-refractivity contribution in [2.24, 2.45) is 0 Å². The first-order chi connectivity index (χ1) is 20.6. The molecule has 1 saturated heterocycles. The minimum absolute atomic E-state index is 0.140. The summed E-state index contributed by atoms with van der Waals surface area (Å²) in [6.45, 7) is 3.73. The van der Waals surface area contributed by atoms with Crippen LogP contribution < -0.4 is 19.3 Å². The van der Waals surface area contributed by atoms with Gasteiger partial charge in [0.25, 0.3) is 11.8 Å². The van der Waals surface area contributed by atoms with Crippen molar-refractivity contribution in [1.82, 2.24) is 0 Å². The van der Waals surface area contributed by atoms with Crippen LogP contribution in [0.1, 0.15) is 22.3 Å². The summed E-state index contributed by atoms with van der Waals surface area (Å²) in [7, 11) is 1.48. The van der Waals surface area contributed by atoms with Crippen molar-refractivity contribution in [3.05, 3.63) is 121 Å². The third kappa shape index (κ3) is 6.04. The van der Waals surface area contributed by atoms with Crippen LogP contribution in [0.5, 0.6) is 11.5 Å². The highest BCUT2D eigenvalue weighted by Crippen LogP contribution is 2.39. The van der Waals surface area contributed by atoms with Crippen LogP contribution in [0.2, 0.25) is 10.0 Å². The van der Waals surface area contributed by atoms with Crippen LogP contribution in [0.15, 0.2) is 88.9 Å². The molecule has 7 nitrogen and oxygen atoms in total. The van der Waals surface area contributed by atoms with E-state index in [-0.39, 0.29) is 12.2 Å². The van der Waals surface area contributed by atoms with Crippen LogP contribution in [-0.4, -0.2) is 25.0 Å². The SMILES string of the molecule is COc1cc(C=C2C(=O)N(c3ccccc3C)C(=O)N(c3ccccc3C)C2=O)cc(Br)c1OCc1ccc(Cl)cc1Cl. The quantitative estimate of drug-likeness (QED) is 0.145. The third-order valence-corrected chi connectivity index (χ3v) is 8.09. The number of hydrogen-bond donors (Lipinski definition) is 0. The van der Waals surface area contributed by atoms with Crippen molar-refractivity contribution in [2.75, 3.05) is 16.9 Å². The Kier molecular flexibility index (Phi) is 8.92. The van der Waals surface area contributed by atoms with Gasteiger partial charge in [0.05, 0.1) is 23.0 Å². The normalized spacial score (nSPS) is 13.4. The molecule has 218 valence electrons. The van der Waals surface area contributed by atoms with E-state index in [4.69, 9.17) is 32.7 Å². The molecule has 0 spiro atoms. The molecular weight excluding hydrogens is 655 g/mol. The Morgan fingerprint density at radius 2 is 1.40 bits per heavy atom. The number of amides is 4. The minimum Gasteiger partial charge on any atom is -0.493 e. The molecule has 43 heavy (non-hydrogen) atoms. The summed E-state index contributed by atoms with van der Waals surface area (Å²) in [6, 6.07) is 21.7. The number of aryl methyl sites for hydroxylation is 2. The molecule has 1 heterocycles. The van der Waals surface area contributed by atoms with E-state index in [0.717, 1.165) is 15.4 Å². The monoisotopic (exact) mass is 678 g/mol. The van der Waals surface area contributed by atoms with E-state index < -0.39 is 17.8 Å². The number of halogens is 3. The molecule has 0 N–H and O–H groups in total. The standard InChI is InChI=1S/C33H25BrCl2N2O5/c1-19-8-4-6-10-27(19)37-31(39)24(32(40)38(33(37)41)28-11-7-5-9-20(28)2)14-21-15-25(34)30(29(16-21)42-3)43-18-22-12-13-23(35)17-26(22)36/h4-17H,18H2,1-3H3. The van der Waals surface area contributed by atoms with E-state index >= 15 is 0 Å². The zero-order valence-corrected chi connectivity index (χ0v) is 26.5. The molecule has 4 amide bonds. The average Bonchev–Trinajstić information content (AvgIpc) is 2.97. The fraction of sp³-hybridized carbons (Fsp3) is 0.121. The van der Waals surface area contributed by atoms with Crippen molar-refractivity contribution in [2.45, 2.75) is 20.5 Å². The molecule has 5 rings (SSSR count). The number of carbonyl (C=O) groups excluding carboxylic acids is 3. The Morgan fingerprint density at radius 1 is 0.814 bits per heavy atom. The molecule has 4 aromatic rings. The fourth-order valence-corrected chi connectivity index (χ4v) is 5.74. The number of hydrogen-bond acceptors (Lipinski definition) is 5. The van der Waals surface area contributed by atoms with E-state index in [9.17, 15) is 14.4 Å². The maximum Gasteiger partial charge on any atom is 0.343 e. The molecule has 0 radical (unpaired) electrons. The summed E-state index contributed by atoms with van der Waals surface area (Å²) in [5.41, 5.74) is 3.18. The van der Waals surface area contributed by atoms with Crippen molar-refractivity contribution >= 4 is 74.4 Å². The van der Waals surface area contributed by atoms with Gasteiger partial charge in [0, 0.05) is 15.6 Å². The van der Waals surface area contributed by atoms with E-state index in [0.29, 0.717) is 54.1 Å². The number of carbonyl (C=O) groups is 3. The first-order valence-corrected chi connectivity index (χ1v) is 14.7. The molecule has 0 atom stereocenters. The maximum absolute atomic E-state index is 13.9. The summed E-state index contributed by atoms with van der Waals surface area (Å²) >= 11 is 15.8. The van der Waals surface area contributed by atoms with Crippen LogP contribution in [0.3, 0.4) is 0 Å². The molecule has 1 aliphatic heterocycles. The van der Waals surface area contributed by atoms with Gasteiger partial charge in [-0.1, -0.05) is 65.7 Å². The second-order valence-corrected chi connectivity index (χ2v) is 11.5. The lowest BCUT2D eigenvalue weighted by molar-refractivity contribution is -0.121. The maximum atomic E-state index is 13.9. The second kappa shape index (κ2) is 12.6. The molecule has 1 aliphatic rings. The lowest BCUT2D eigenvalue weighted by Crippen LogP contribution is -2.57. The molecule has 0 aromatic heterocycles. The molecule has 10 heteroatoms. The van der Waals surface area contributed by atoms with Gasteiger partial charge in [-0.25, -0.2) is 14.6 Å². The summed E-state index contributed by atoms with van der Waals surface area (Å²) < 4.78 is 12.1. The topological polar surface area (TPSA) is 76.2 Å². The number of benzene rings is 4. The van der Waals surface area contributed by atoms with Gasteiger partial charge >= 0.3 is 6.03 Å². The highest BCUT2D eigenvalue weighted by Gasteiger charge is 2.44.